The zero-order chi connectivity index (χ0) is 70.0. The molecule has 0 amide bonds. The van der Waals surface area contributed by atoms with E-state index in [1.165, 1.54) is 205 Å². The number of carbonyl (C=O) groups is 4. The minimum absolute atomic E-state index is 0.105. The Morgan fingerprint density at radius 2 is 0.537 bits per heavy atom. The SMILES string of the molecule is CCCCCCCCCCCCCCCCCCCCCCCCC(=O)O[C@H](COC(=O)CCCCCCCCCCCCC(C)CC)COP(=O)(O)OC[C@@H](O)COP(=O)(O)OC[C@@H](COC(=O)CCCCCCCCC(C)C)OC(=O)CCCCCCCCCCCC. The van der Waals surface area contributed by atoms with Gasteiger partial charge in [0.15, 0.2) is 12.2 Å². The molecule has 0 radical (unpaired) electrons. The van der Waals surface area contributed by atoms with E-state index in [4.69, 9.17) is 37.0 Å². The molecule has 0 bridgehead atoms. The Labute approximate surface area is 581 Å². The standard InChI is InChI=1S/C76H148O17P2/c1-7-10-12-14-16-18-20-21-22-23-24-25-26-27-28-29-30-31-37-41-49-55-61-76(81)92-71(64-86-73(78)58-52-46-39-36-33-32-34-38-45-51-57-69(6)9-3)66-90-94(82,83)88-62-70(77)63-89-95(84,85)91-67-72(65-87-74(79)59-53-47-43-42-44-50-56-68(4)5)93-75(80)60-54-48-40-35-19-17-15-13-11-8-2/h68-72,77H,7-67H2,1-6H3,(H,82,83)(H,84,85)/t69?,70-,71-,72-/m1/s1. The molecule has 564 valence electrons. The normalized spacial score (nSPS) is 14.3. The summed E-state index contributed by atoms with van der Waals surface area (Å²) in [6.45, 7) is 9.52. The van der Waals surface area contributed by atoms with Gasteiger partial charge in [-0.1, -0.05) is 343 Å². The maximum Gasteiger partial charge on any atom is 0.472 e. The van der Waals surface area contributed by atoms with Gasteiger partial charge in [-0.05, 0) is 37.5 Å². The fourth-order valence-electron chi connectivity index (χ4n) is 11.6. The van der Waals surface area contributed by atoms with Gasteiger partial charge in [-0.15, -0.1) is 0 Å². The zero-order valence-corrected chi connectivity index (χ0v) is 63.8. The van der Waals surface area contributed by atoms with E-state index in [1.54, 1.807) is 0 Å². The first kappa shape index (κ1) is 93.1. The van der Waals surface area contributed by atoms with E-state index in [1.807, 2.05) is 0 Å². The van der Waals surface area contributed by atoms with Crippen LogP contribution in [0.25, 0.3) is 0 Å². The van der Waals surface area contributed by atoms with Gasteiger partial charge < -0.3 is 33.8 Å². The molecule has 0 aliphatic heterocycles. The Balaban J connectivity index is 5.17. The van der Waals surface area contributed by atoms with Crippen LogP contribution in [0.5, 0.6) is 0 Å². The number of esters is 4. The number of unbranched alkanes of at least 4 members (excludes halogenated alkanes) is 44. The van der Waals surface area contributed by atoms with Crippen LogP contribution in [0.1, 0.15) is 395 Å². The van der Waals surface area contributed by atoms with E-state index < -0.39 is 97.5 Å². The summed E-state index contributed by atoms with van der Waals surface area (Å²) in [5.41, 5.74) is 0. The van der Waals surface area contributed by atoms with Gasteiger partial charge >= 0.3 is 39.5 Å². The molecule has 0 fully saturated rings. The van der Waals surface area contributed by atoms with Gasteiger partial charge in [0, 0.05) is 25.7 Å². The lowest BCUT2D eigenvalue weighted by atomic mass is 9.99. The molecule has 0 saturated heterocycles. The number of carbonyl (C=O) groups excluding carboxylic acids is 4. The smallest absolute Gasteiger partial charge is 0.462 e. The van der Waals surface area contributed by atoms with Crippen molar-refractivity contribution in [3.63, 3.8) is 0 Å². The van der Waals surface area contributed by atoms with Crippen molar-refractivity contribution in [1.82, 2.24) is 0 Å². The third-order valence-corrected chi connectivity index (χ3v) is 20.0. The number of ether oxygens (including phenoxy) is 4. The average molecular weight is 1400 g/mol. The minimum Gasteiger partial charge on any atom is -0.462 e. The number of hydrogen-bond donors (Lipinski definition) is 3. The summed E-state index contributed by atoms with van der Waals surface area (Å²) in [6.07, 6.45) is 55.8. The molecule has 0 spiro atoms. The molecule has 3 unspecified atom stereocenters. The van der Waals surface area contributed by atoms with E-state index >= 15 is 0 Å². The molecule has 19 heteroatoms. The molecule has 0 aliphatic rings. The quantitative estimate of drug-likeness (QED) is 0.0222. The van der Waals surface area contributed by atoms with Crippen LogP contribution in [0.2, 0.25) is 0 Å². The van der Waals surface area contributed by atoms with Crippen molar-refractivity contribution in [2.45, 2.75) is 413 Å². The van der Waals surface area contributed by atoms with Gasteiger partial charge in [0.2, 0.25) is 0 Å². The summed E-state index contributed by atoms with van der Waals surface area (Å²) in [4.78, 5) is 72.7. The first-order valence-electron chi connectivity index (χ1n) is 39.5. The third kappa shape index (κ3) is 69.0. The first-order valence-corrected chi connectivity index (χ1v) is 42.5. The molecule has 0 aromatic carbocycles. The molecule has 0 aromatic rings. The first-order chi connectivity index (χ1) is 45.9. The molecular formula is C76H148O17P2. The number of hydrogen-bond acceptors (Lipinski definition) is 15. The highest BCUT2D eigenvalue weighted by Crippen LogP contribution is 2.45. The molecule has 17 nitrogen and oxygen atoms in total. The molecule has 6 atom stereocenters. The average Bonchev–Trinajstić information content (AvgIpc) is 1.39. The molecule has 95 heavy (non-hydrogen) atoms. The van der Waals surface area contributed by atoms with Crippen molar-refractivity contribution in [2.75, 3.05) is 39.6 Å². The second-order valence-corrected chi connectivity index (χ2v) is 31.0. The summed E-state index contributed by atoms with van der Waals surface area (Å²) in [6, 6.07) is 0. The van der Waals surface area contributed by atoms with Gasteiger partial charge in [-0.25, -0.2) is 9.13 Å². The predicted octanol–water partition coefficient (Wildman–Crippen LogP) is 22.3. The van der Waals surface area contributed by atoms with E-state index in [-0.39, 0.29) is 25.7 Å². The lowest BCUT2D eigenvalue weighted by molar-refractivity contribution is -0.161. The van der Waals surface area contributed by atoms with Crippen molar-refractivity contribution in [2.24, 2.45) is 11.8 Å². The number of aliphatic hydroxyl groups is 1. The largest absolute Gasteiger partial charge is 0.472 e. The van der Waals surface area contributed by atoms with E-state index in [0.29, 0.717) is 31.6 Å². The van der Waals surface area contributed by atoms with Crippen molar-refractivity contribution in [3.8, 4) is 0 Å². The number of phosphoric acid groups is 2. The highest BCUT2D eigenvalue weighted by molar-refractivity contribution is 7.47. The fourth-order valence-corrected chi connectivity index (χ4v) is 13.2. The van der Waals surface area contributed by atoms with Crippen LogP contribution in [-0.2, 0) is 65.4 Å². The zero-order valence-electron chi connectivity index (χ0n) is 62.0. The topological polar surface area (TPSA) is 237 Å². The van der Waals surface area contributed by atoms with Gasteiger partial charge in [-0.3, -0.25) is 37.3 Å². The van der Waals surface area contributed by atoms with Gasteiger partial charge in [0.1, 0.15) is 19.3 Å². The third-order valence-electron chi connectivity index (χ3n) is 18.1. The molecule has 3 N–H and O–H groups in total. The summed E-state index contributed by atoms with van der Waals surface area (Å²) < 4.78 is 68.4. The second kappa shape index (κ2) is 67.9. The second-order valence-electron chi connectivity index (χ2n) is 28.1. The van der Waals surface area contributed by atoms with E-state index in [9.17, 15) is 43.2 Å². The van der Waals surface area contributed by atoms with Crippen LogP contribution in [-0.4, -0.2) is 96.7 Å². The molecule has 0 heterocycles. The highest BCUT2D eigenvalue weighted by Gasteiger charge is 2.30. The summed E-state index contributed by atoms with van der Waals surface area (Å²) >= 11 is 0. The number of rotatable bonds is 75. The molecule has 0 aliphatic carbocycles. The lowest BCUT2D eigenvalue weighted by Gasteiger charge is -2.21. The van der Waals surface area contributed by atoms with Crippen molar-refractivity contribution in [3.05, 3.63) is 0 Å². The Morgan fingerprint density at radius 1 is 0.305 bits per heavy atom. The Bertz CT molecular complexity index is 1840. The molecule has 0 rings (SSSR count). The summed E-state index contributed by atoms with van der Waals surface area (Å²) in [5, 5.41) is 10.6. The van der Waals surface area contributed by atoms with Gasteiger partial charge in [0.25, 0.3) is 0 Å². The van der Waals surface area contributed by atoms with Crippen molar-refractivity contribution in [1.29, 1.82) is 0 Å². The van der Waals surface area contributed by atoms with Crippen molar-refractivity contribution < 1.29 is 80.2 Å². The Morgan fingerprint density at radius 3 is 0.800 bits per heavy atom. The molecule has 0 aromatic heterocycles. The summed E-state index contributed by atoms with van der Waals surface area (Å²) in [7, 11) is -9.91. The van der Waals surface area contributed by atoms with E-state index in [0.717, 1.165) is 102 Å². The summed E-state index contributed by atoms with van der Waals surface area (Å²) in [5.74, 6) is -0.631. The fraction of sp³-hybridized carbons (Fsp3) is 0.947. The van der Waals surface area contributed by atoms with E-state index in [2.05, 4.69) is 41.5 Å². The van der Waals surface area contributed by atoms with Crippen LogP contribution < -0.4 is 0 Å². The maximum absolute atomic E-state index is 13.1. The Kier molecular flexibility index (Phi) is 66.5. The monoisotopic (exact) mass is 1400 g/mol. The van der Waals surface area contributed by atoms with Crippen molar-refractivity contribution >= 4 is 39.5 Å². The highest BCUT2D eigenvalue weighted by atomic mass is 31.2. The molecule has 0 saturated carbocycles. The Hall–Kier alpha value is -1.94. The maximum atomic E-state index is 13.1. The van der Waals surface area contributed by atoms with Crippen LogP contribution >= 0.6 is 15.6 Å². The van der Waals surface area contributed by atoms with Crippen LogP contribution in [0.3, 0.4) is 0 Å². The number of phosphoric ester groups is 2. The lowest BCUT2D eigenvalue weighted by Crippen LogP contribution is -2.30. The predicted molar refractivity (Wildman–Crippen MR) is 386 cm³/mol. The van der Waals surface area contributed by atoms with Gasteiger partial charge in [-0.2, -0.15) is 0 Å². The van der Waals surface area contributed by atoms with Gasteiger partial charge in [0.05, 0.1) is 26.4 Å². The van der Waals surface area contributed by atoms with Crippen LogP contribution in [0.4, 0.5) is 0 Å². The van der Waals surface area contributed by atoms with Crippen LogP contribution in [0.15, 0.2) is 0 Å². The minimum atomic E-state index is -4.96. The van der Waals surface area contributed by atoms with Crippen LogP contribution in [0, 0.1) is 11.8 Å². The molecular weight excluding hydrogens is 1250 g/mol. The number of aliphatic hydroxyl groups excluding tert-OH is 1.